The third-order valence-electron chi connectivity index (χ3n) is 5.47. The summed E-state index contributed by atoms with van der Waals surface area (Å²) in [5.41, 5.74) is 2.54. The van der Waals surface area contributed by atoms with Gasteiger partial charge in [-0.05, 0) is 84.9 Å². The van der Waals surface area contributed by atoms with E-state index in [2.05, 4.69) is 0 Å². The third-order valence-corrected chi connectivity index (χ3v) is 6.22. The monoisotopic (exact) mass is 523 g/mol. The van der Waals surface area contributed by atoms with Crippen molar-refractivity contribution in [1.29, 1.82) is 0 Å². The fraction of sp³-hybridized carbons (Fsp3) is 0.154. The number of nitrogens with zero attached hydrogens (tertiary/aromatic N) is 3. The summed E-state index contributed by atoms with van der Waals surface area (Å²) >= 11 is 11.9. The van der Waals surface area contributed by atoms with E-state index in [1.807, 2.05) is 6.92 Å². The second-order valence-corrected chi connectivity index (χ2v) is 8.61. The third kappa shape index (κ3) is 5.32. The highest BCUT2D eigenvalue weighted by atomic mass is 35.5. The highest BCUT2D eigenvalue weighted by molar-refractivity contribution is 7.80. The molecule has 4 rings (SSSR count). The lowest BCUT2D eigenvalue weighted by atomic mass is 10.1. The van der Waals surface area contributed by atoms with E-state index in [1.54, 1.807) is 72.6 Å². The first-order valence-corrected chi connectivity index (χ1v) is 11.8. The Kier molecular flexibility index (Phi) is 7.52. The molecule has 10 heteroatoms. The molecule has 184 valence electrons. The van der Waals surface area contributed by atoms with Gasteiger partial charge in [0.05, 0.1) is 22.2 Å². The number of hydrogen-bond donors (Lipinski definition) is 0. The Morgan fingerprint density at radius 2 is 1.75 bits per heavy atom. The molecule has 1 heterocycles. The molecule has 8 nitrogen and oxygen atoms in total. The number of benzene rings is 3. The van der Waals surface area contributed by atoms with E-state index < -0.39 is 4.92 Å². The summed E-state index contributed by atoms with van der Waals surface area (Å²) in [7, 11) is 1.74. The molecule has 3 aromatic carbocycles. The minimum Gasteiger partial charge on any atom is -0.494 e. The van der Waals surface area contributed by atoms with Crippen LogP contribution in [-0.2, 0) is 11.4 Å². The smallest absolute Gasteiger partial charge is 0.281 e. The van der Waals surface area contributed by atoms with Gasteiger partial charge in [0.15, 0.2) is 5.11 Å². The molecular formula is C26H22ClN3O5S. The molecule has 0 bridgehead atoms. The number of halogens is 1. The zero-order chi connectivity index (χ0) is 25.8. The summed E-state index contributed by atoms with van der Waals surface area (Å²) in [5.74, 6) is 0.921. The number of carbonyl (C=O) groups excluding carboxylic acids is 1. The number of non-ortho nitro benzene ring substituents is 1. The molecule has 1 fully saturated rings. The zero-order valence-corrected chi connectivity index (χ0v) is 21.1. The Balaban J connectivity index is 1.48. The van der Waals surface area contributed by atoms with Crippen molar-refractivity contribution >= 4 is 52.3 Å². The summed E-state index contributed by atoms with van der Waals surface area (Å²) in [5, 5.41) is 11.5. The van der Waals surface area contributed by atoms with Crippen LogP contribution >= 0.6 is 23.8 Å². The Bertz CT molecular complexity index is 1340. The van der Waals surface area contributed by atoms with Gasteiger partial charge in [0.25, 0.3) is 11.6 Å². The molecule has 0 radical (unpaired) electrons. The lowest BCUT2D eigenvalue weighted by molar-refractivity contribution is -0.384. The summed E-state index contributed by atoms with van der Waals surface area (Å²) < 4.78 is 11.2. The molecule has 0 unspecified atom stereocenters. The second kappa shape index (κ2) is 10.8. The minimum absolute atomic E-state index is 0.0150. The molecule has 3 aromatic rings. The molecule has 0 N–H and O–H groups in total. The van der Waals surface area contributed by atoms with Gasteiger partial charge in [0.2, 0.25) is 0 Å². The molecule has 0 aliphatic carbocycles. The van der Waals surface area contributed by atoms with E-state index in [1.165, 1.54) is 17.0 Å². The van der Waals surface area contributed by atoms with Crippen molar-refractivity contribution in [3.8, 4) is 11.5 Å². The fourth-order valence-electron chi connectivity index (χ4n) is 3.60. The molecular weight excluding hydrogens is 502 g/mol. The largest absolute Gasteiger partial charge is 0.494 e. The van der Waals surface area contributed by atoms with Gasteiger partial charge in [0, 0.05) is 19.2 Å². The predicted octanol–water partition coefficient (Wildman–Crippen LogP) is 5.83. The van der Waals surface area contributed by atoms with Gasteiger partial charge in [0.1, 0.15) is 23.8 Å². The first-order chi connectivity index (χ1) is 17.3. The van der Waals surface area contributed by atoms with Gasteiger partial charge >= 0.3 is 0 Å². The first kappa shape index (κ1) is 25.2. The highest BCUT2D eigenvalue weighted by Gasteiger charge is 2.36. The van der Waals surface area contributed by atoms with Crippen LogP contribution in [0.25, 0.3) is 6.08 Å². The van der Waals surface area contributed by atoms with Crippen LogP contribution in [0, 0.1) is 10.1 Å². The van der Waals surface area contributed by atoms with Gasteiger partial charge < -0.3 is 14.4 Å². The number of rotatable bonds is 8. The molecule has 1 aliphatic rings. The summed E-state index contributed by atoms with van der Waals surface area (Å²) in [6.45, 7) is 2.66. The predicted molar refractivity (Wildman–Crippen MR) is 142 cm³/mol. The number of thiocarbonyl (C=S) groups is 1. The van der Waals surface area contributed by atoms with E-state index in [-0.39, 0.29) is 18.2 Å². The average Bonchev–Trinajstić information content (AvgIpc) is 3.07. The Morgan fingerprint density at radius 1 is 1.06 bits per heavy atom. The molecule has 36 heavy (non-hydrogen) atoms. The minimum atomic E-state index is -0.453. The maximum absolute atomic E-state index is 13.2. The Hall–Kier alpha value is -3.95. The van der Waals surface area contributed by atoms with Crippen LogP contribution in [0.3, 0.4) is 0 Å². The fourth-order valence-corrected chi connectivity index (χ4v) is 4.13. The van der Waals surface area contributed by atoms with E-state index in [9.17, 15) is 14.9 Å². The molecule has 1 amide bonds. The number of nitro groups is 1. The topological polar surface area (TPSA) is 85.1 Å². The number of likely N-dealkylation sites (N-methyl/N-ethyl adjacent to an activating group) is 1. The van der Waals surface area contributed by atoms with Gasteiger partial charge in [-0.3, -0.25) is 19.8 Å². The summed E-state index contributed by atoms with van der Waals surface area (Å²) in [4.78, 5) is 26.7. The number of anilines is 1. The van der Waals surface area contributed by atoms with Crippen molar-refractivity contribution in [3.05, 3.63) is 98.7 Å². The van der Waals surface area contributed by atoms with Crippen molar-refractivity contribution < 1.29 is 19.2 Å². The number of ether oxygens (including phenoxy) is 2. The SMILES string of the molecule is CCOc1ccc(N2C(=O)/C(=C/c3ccc(OCc4ccc([N+](=O)[O-])cc4)c(Cl)c3)N(C)C2=S)cc1. The van der Waals surface area contributed by atoms with E-state index >= 15 is 0 Å². The van der Waals surface area contributed by atoms with Gasteiger partial charge in [-0.1, -0.05) is 17.7 Å². The van der Waals surface area contributed by atoms with Gasteiger partial charge in [-0.25, -0.2) is 0 Å². The lowest BCUT2D eigenvalue weighted by Gasteiger charge is -2.16. The first-order valence-electron chi connectivity index (χ1n) is 11.0. The second-order valence-electron chi connectivity index (χ2n) is 7.84. The van der Waals surface area contributed by atoms with Crippen LogP contribution in [0.4, 0.5) is 11.4 Å². The number of carbonyl (C=O) groups is 1. The van der Waals surface area contributed by atoms with E-state index in [0.717, 1.165) is 5.56 Å². The normalized spacial score (nSPS) is 14.5. The van der Waals surface area contributed by atoms with Crippen LogP contribution in [0.2, 0.25) is 5.02 Å². The number of hydrogen-bond acceptors (Lipinski definition) is 6. The van der Waals surface area contributed by atoms with Crippen LogP contribution in [0.5, 0.6) is 11.5 Å². The maximum Gasteiger partial charge on any atom is 0.281 e. The summed E-state index contributed by atoms with van der Waals surface area (Å²) in [6.07, 6.45) is 1.72. The van der Waals surface area contributed by atoms with Crippen molar-refractivity contribution in [1.82, 2.24) is 4.90 Å². The maximum atomic E-state index is 13.2. The quantitative estimate of drug-likeness (QED) is 0.159. The number of amides is 1. The molecule has 1 aliphatic heterocycles. The van der Waals surface area contributed by atoms with Crippen molar-refractivity contribution in [2.24, 2.45) is 0 Å². The highest BCUT2D eigenvalue weighted by Crippen LogP contribution is 2.31. The molecule has 0 atom stereocenters. The van der Waals surface area contributed by atoms with Crippen molar-refractivity contribution in [2.45, 2.75) is 13.5 Å². The number of nitro benzene ring substituents is 1. The Labute approximate surface area is 218 Å². The van der Waals surface area contributed by atoms with Gasteiger partial charge in [-0.2, -0.15) is 0 Å². The van der Waals surface area contributed by atoms with Gasteiger partial charge in [-0.15, -0.1) is 0 Å². The standard InChI is InChI=1S/C26H22ClN3O5S/c1-3-34-21-11-9-19(10-12-21)29-25(31)23(28(2)26(29)36)15-18-6-13-24(22(27)14-18)35-16-17-4-7-20(8-5-17)30(32)33/h4-15H,3,16H2,1-2H3/b23-15-. The van der Waals surface area contributed by atoms with Crippen molar-refractivity contribution in [3.63, 3.8) is 0 Å². The van der Waals surface area contributed by atoms with E-state index in [4.69, 9.17) is 33.3 Å². The summed E-state index contributed by atoms with van der Waals surface area (Å²) in [6, 6.07) is 18.5. The van der Waals surface area contributed by atoms with Crippen LogP contribution in [-0.4, -0.2) is 34.5 Å². The van der Waals surface area contributed by atoms with E-state index in [0.29, 0.717) is 45.2 Å². The molecule has 1 saturated heterocycles. The molecule has 0 aromatic heterocycles. The Morgan fingerprint density at radius 3 is 2.36 bits per heavy atom. The van der Waals surface area contributed by atoms with Crippen molar-refractivity contribution in [2.75, 3.05) is 18.6 Å². The lowest BCUT2D eigenvalue weighted by Crippen LogP contribution is -2.31. The molecule has 0 spiro atoms. The van der Waals surface area contributed by atoms with Crippen LogP contribution < -0.4 is 14.4 Å². The average molecular weight is 524 g/mol. The zero-order valence-electron chi connectivity index (χ0n) is 19.5. The van der Waals surface area contributed by atoms with Crippen LogP contribution in [0.15, 0.2) is 72.4 Å². The van der Waals surface area contributed by atoms with Crippen LogP contribution in [0.1, 0.15) is 18.1 Å². The molecule has 0 saturated carbocycles.